The molecular formula is C16H17F2NO4S. The number of hydrogen-bond donors (Lipinski definition) is 1. The van der Waals surface area contributed by atoms with Gasteiger partial charge < -0.3 is 9.73 Å². The van der Waals surface area contributed by atoms with Crippen molar-refractivity contribution in [3.05, 3.63) is 54.0 Å². The Balaban J connectivity index is 1.95. The molecule has 1 heterocycles. The highest BCUT2D eigenvalue weighted by atomic mass is 32.2. The van der Waals surface area contributed by atoms with Gasteiger partial charge in [0, 0.05) is 18.0 Å². The molecule has 5 nitrogen and oxygen atoms in total. The van der Waals surface area contributed by atoms with Gasteiger partial charge in [0.05, 0.1) is 11.2 Å². The van der Waals surface area contributed by atoms with E-state index in [1.807, 2.05) is 13.0 Å². The van der Waals surface area contributed by atoms with Crippen LogP contribution in [0.25, 0.3) is 0 Å². The van der Waals surface area contributed by atoms with Gasteiger partial charge in [0.25, 0.3) is 5.91 Å². The number of hydrogen-bond acceptors (Lipinski definition) is 4. The lowest BCUT2D eigenvalue weighted by atomic mass is 10.1. The first-order valence-electron chi connectivity index (χ1n) is 7.26. The number of halogens is 2. The van der Waals surface area contributed by atoms with Gasteiger partial charge in [-0.1, -0.05) is 0 Å². The monoisotopic (exact) mass is 357 g/mol. The van der Waals surface area contributed by atoms with Crippen LogP contribution < -0.4 is 5.32 Å². The molecule has 0 unspecified atom stereocenters. The largest absolute Gasteiger partial charge is 0.469 e. The second kappa shape index (κ2) is 7.57. The van der Waals surface area contributed by atoms with Crippen LogP contribution in [0.5, 0.6) is 0 Å². The zero-order chi connectivity index (χ0) is 17.7. The van der Waals surface area contributed by atoms with Gasteiger partial charge in [0.2, 0.25) is 9.84 Å². The van der Waals surface area contributed by atoms with E-state index in [0.29, 0.717) is 12.8 Å². The van der Waals surface area contributed by atoms with E-state index >= 15 is 0 Å². The predicted octanol–water partition coefficient (Wildman–Crippen LogP) is 3.03. The first-order chi connectivity index (χ1) is 11.3. The molecule has 1 atom stereocenters. The maximum Gasteiger partial charge on any atom is 0.341 e. The Hall–Kier alpha value is -2.22. The molecule has 0 aliphatic heterocycles. The Morgan fingerprint density at radius 1 is 1.21 bits per heavy atom. The molecule has 1 N–H and O–H groups in total. The van der Waals surface area contributed by atoms with Gasteiger partial charge in [-0.15, -0.1) is 0 Å². The van der Waals surface area contributed by atoms with E-state index in [1.54, 1.807) is 12.3 Å². The summed E-state index contributed by atoms with van der Waals surface area (Å²) in [5, 5.41) is 2.76. The van der Waals surface area contributed by atoms with Gasteiger partial charge >= 0.3 is 5.76 Å². The molecule has 0 bridgehead atoms. The fraction of sp³-hybridized carbons (Fsp3) is 0.312. The van der Waals surface area contributed by atoms with E-state index in [9.17, 15) is 22.0 Å². The summed E-state index contributed by atoms with van der Waals surface area (Å²) < 4.78 is 52.8. The number of sulfone groups is 1. The minimum atomic E-state index is -4.65. The Labute approximate surface area is 138 Å². The van der Waals surface area contributed by atoms with Crippen LogP contribution in [-0.2, 0) is 16.3 Å². The Bertz CT molecular complexity index is 771. The summed E-state index contributed by atoms with van der Waals surface area (Å²) in [5.41, 5.74) is 0.202. The Morgan fingerprint density at radius 2 is 1.88 bits per heavy atom. The van der Waals surface area contributed by atoms with Crippen molar-refractivity contribution >= 4 is 15.7 Å². The van der Waals surface area contributed by atoms with E-state index in [1.165, 1.54) is 12.1 Å². The topological polar surface area (TPSA) is 76.4 Å². The molecule has 2 aromatic rings. The molecule has 1 amide bonds. The number of amides is 1. The molecular weight excluding hydrogens is 340 g/mol. The van der Waals surface area contributed by atoms with Gasteiger partial charge in [0.15, 0.2) is 0 Å². The number of nitrogens with one attached hydrogen (secondary N) is 1. The number of rotatable bonds is 7. The normalized spacial score (nSPS) is 13.0. The van der Waals surface area contributed by atoms with Crippen molar-refractivity contribution in [1.29, 1.82) is 0 Å². The summed E-state index contributed by atoms with van der Waals surface area (Å²) in [5.74, 6) is -3.07. The molecule has 0 spiro atoms. The van der Waals surface area contributed by atoms with Gasteiger partial charge in [0.1, 0.15) is 5.76 Å². The number of aryl methyl sites for hydroxylation is 1. The minimum absolute atomic E-state index is 0.132. The fourth-order valence-corrected chi connectivity index (χ4v) is 2.81. The van der Waals surface area contributed by atoms with Gasteiger partial charge in [-0.05, 0) is 49.7 Å². The van der Waals surface area contributed by atoms with Gasteiger partial charge in [-0.25, -0.2) is 8.42 Å². The third-order valence-electron chi connectivity index (χ3n) is 3.46. The molecule has 24 heavy (non-hydrogen) atoms. The molecule has 0 radical (unpaired) electrons. The smallest absolute Gasteiger partial charge is 0.341 e. The zero-order valence-electron chi connectivity index (χ0n) is 12.9. The summed E-state index contributed by atoms with van der Waals surface area (Å²) in [6.45, 7) is 1.83. The number of alkyl halides is 2. The molecule has 0 aliphatic carbocycles. The van der Waals surface area contributed by atoms with E-state index in [4.69, 9.17) is 4.42 Å². The van der Waals surface area contributed by atoms with Crippen LogP contribution >= 0.6 is 0 Å². The number of carbonyl (C=O) groups is 1. The lowest BCUT2D eigenvalue weighted by Gasteiger charge is -2.13. The standard InChI is InChI=1S/C16H17F2NO4S/c1-11(4-7-13-3-2-10-23-13)19-15(20)12-5-8-14(9-6-12)24(21,22)16(17)18/h2-3,5-6,8-11,16H,4,7H2,1H3,(H,19,20)/t11-/m1/s1. The lowest BCUT2D eigenvalue weighted by molar-refractivity contribution is 0.0938. The zero-order valence-corrected chi connectivity index (χ0v) is 13.7. The van der Waals surface area contributed by atoms with E-state index in [-0.39, 0.29) is 11.6 Å². The second-order valence-electron chi connectivity index (χ2n) is 5.32. The molecule has 130 valence electrons. The summed E-state index contributed by atoms with van der Waals surface area (Å²) in [4.78, 5) is 11.6. The third-order valence-corrected chi connectivity index (χ3v) is 4.86. The lowest BCUT2D eigenvalue weighted by Crippen LogP contribution is -2.32. The second-order valence-corrected chi connectivity index (χ2v) is 7.24. The van der Waals surface area contributed by atoms with Crippen LogP contribution in [0.3, 0.4) is 0 Å². The molecule has 0 aliphatic rings. The summed E-state index contributed by atoms with van der Waals surface area (Å²) in [6.07, 6.45) is 2.91. The third kappa shape index (κ3) is 4.41. The van der Waals surface area contributed by atoms with Crippen LogP contribution in [0.1, 0.15) is 29.5 Å². The summed E-state index contributed by atoms with van der Waals surface area (Å²) in [6, 6.07) is 7.93. The Morgan fingerprint density at radius 3 is 2.42 bits per heavy atom. The van der Waals surface area contributed by atoms with Crippen molar-refractivity contribution in [3.63, 3.8) is 0 Å². The first kappa shape index (κ1) is 18.1. The highest BCUT2D eigenvalue weighted by molar-refractivity contribution is 7.91. The fourth-order valence-electron chi connectivity index (χ4n) is 2.09. The summed E-state index contributed by atoms with van der Waals surface area (Å²) >= 11 is 0. The highest BCUT2D eigenvalue weighted by Crippen LogP contribution is 2.18. The van der Waals surface area contributed by atoms with Crippen molar-refractivity contribution < 1.29 is 26.4 Å². The van der Waals surface area contributed by atoms with E-state index in [2.05, 4.69) is 5.32 Å². The average molecular weight is 357 g/mol. The van der Waals surface area contributed by atoms with Gasteiger partial charge in [-0.3, -0.25) is 4.79 Å². The first-order valence-corrected chi connectivity index (χ1v) is 8.80. The SMILES string of the molecule is C[C@H](CCc1ccco1)NC(=O)c1ccc(S(=O)(=O)C(F)F)cc1. The number of carbonyl (C=O) groups excluding carboxylic acids is 1. The van der Waals surface area contributed by atoms with E-state index in [0.717, 1.165) is 17.9 Å². The molecule has 2 rings (SSSR count). The number of furan rings is 1. The molecule has 8 heteroatoms. The van der Waals surface area contributed by atoms with Crippen molar-refractivity contribution in [2.24, 2.45) is 0 Å². The molecule has 1 aromatic heterocycles. The quantitative estimate of drug-likeness (QED) is 0.826. The van der Waals surface area contributed by atoms with Crippen molar-refractivity contribution in [2.45, 2.75) is 36.5 Å². The maximum atomic E-state index is 12.5. The van der Waals surface area contributed by atoms with Crippen molar-refractivity contribution in [3.8, 4) is 0 Å². The molecule has 0 saturated carbocycles. The molecule has 0 fully saturated rings. The van der Waals surface area contributed by atoms with Crippen LogP contribution in [0.15, 0.2) is 52.0 Å². The molecule has 0 saturated heterocycles. The number of benzene rings is 1. The minimum Gasteiger partial charge on any atom is -0.469 e. The summed E-state index contributed by atoms with van der Waals surface area (Å²) in [7, 11) is -4.65. The van der Waals surface area contributed by atoms with Crippen molar-refractivity contribution in [2.75, 3.05) is 0 Å². The van der Waals surface area contributed by atoms with E-state index < -0.39 is 26.4 Å². The predicted molar refractivity (Wildman–Crippen MR) is 83.6 cm³/mol. The van der Waals surface area contributed by atoms with Crippen LogP contribution in [0.2, 0.25) is 0 Å². The van der Waals surface area contributed by atoms with Crippen LogP contribution in [-0.4, -0.2) is 26.1 Å². The average Bonchev–Trinajstić information content (AvgIpc) is 3.06. The Kier molecular flexibility index (Phi) is 5.71. The molecule has 1 aromatic carbocycles. The van der Waals surface area contributed by atoms with Crippen LogP contribution in [0.4, 0.5) is 8.78 Å². The maximum absolute atomic E-state index is 12.5. The van der Waals surface area contributed by atoms with Crippen molar-refractivity contribution in [1.82, 2.24) is 5.32 Å². The van der Waals surface area contributed by atoms with Gasteiger partial charge in [-0.2, -0.15) is 8.78 Å². The van der Waals surface area contributed by atoms with Crippen LogP contribution in [0, 0.1) is 0 Å². The highest BCUT2D eigenvalue weighted by Gasteiger charge is 2.26.